The van der Waals surface area contributed by atoms with Gasteiger partial charge in [-0.15, -0.1) is 11.3 Å². The molecule has 1 amide bonds. The van der Waals surface area contributed by atoms with Gasteiger partial charge in [-0.05, 0) is 37.6 Å². The lowest BCUT2D eigenvalue weighted by Gasteiger charge is -2.06. The van der Waals surface area contributed by atoms with E-state index in [1.54, 1.807) is 18.3 Å². The first-order valence-corrected chi connectivity index (χ1v) is 6.39. The second-order valence-electron chi connectivity index (χ2n) is 4.00. The minimum Gasteiger partial charge on any atom is -0.346 e. The highest BCUT2D eigenvalue weighted by molar-refractivity contribution is 7.09. The fourth-order valence-corrected chi connectivity index (χ4v) is 2.25. The molecule has 94 valence electrons. The molecule has 0 spiro atoms. The molecule has 1 aromatic heterocycles. The Morgan fingerprint density at radius 1 is 1.44 bits per heavy atom. The summed E-state index contributed by atoms with van der Waals surface area (Å²) in [6.45, 7) is 4.02. The number of benzene rings is 1. The molecule has 3 nitrogen and oxygen atoms in total. The number of nitrogens with one attached hydrogen (secondary N) is 1. The van der Waals surface area contributed by atoms with Gasteiger partial charge in [-0.3, -0.25) is 4.79 Å². The van der Waals surface area contributed by atoms with Crippen molar-refractivity contribution < 1.29 is 9.18 Å². The Balaban J connectivity index is 2.03. The van der Waals surface area contributed by atoms with E-state index in [0.717, 1.165) is 10.7 Å². The zero-order valence-corrected chi connectivity index (χ0v) is 11.0. The van der Waals surface area contributed by atoms with E-state index < -0.39 is 0 Å². The van der Waals surface area contributed by atoms with E-state index >= 15 is 0 Å². The summed E-state index contributed by atoms with van der Waals surface area (Å²) in [6, 6.07) is 4.13. The highest BCUT2D eigenvalue weighted by Gasteiger charge is 2.09. The van der Waals surface area contributed by atoms with Gasteiger partial charge in [0.1, 0.15) is 5.82 Å². The summed E-state index contributed by atoms with van der Waals surface area (Å²) in [5.74, 6) is -0.544. The van der Waals surface area contributed by atoms with E-state index in [4.69, 9.17) is 0 Å². The van der Waals surface area contributed by atoms with Crippen molar-refractivity contribution in [2.75, 3.05) is 0 Å². The fraction of sp³-hybridized carbons (Fsp3) is 0.231. The predicted octanol–water partition coefficient (Wildman–Crippen LogP) is 2.83. The maximum absolute atomic E-state index is 12.9. The SMILES string of the molecule is Cc1nc(CNC(=O)c2ccc(F)cc2C)cs1. The molecular formula is C13H13FN2OS. The third-order valence-corrected chi connectivity index (χ3v) is 3.35. The number of thiazole rings is 1. The monoisotopic (exact) mass is 264 g/mol. The molecule has 0 saturated carbocycles. The second-order valence-corrected chi connectivity index (χ2v) is 5.06. The third-order valence-electron chi connectivity index (χ3n) is 2.53. The fourth-order valence-electron chi connectivity index (χ4n) is 1.64. The van der Waals surface area contributed by atoms with Gasteiger partial charge in [-0.25, -0.2) is 9.37 Å². The molecule has 0 atom stereocenters. The molecule has 0 aliphatic carbocycles. The lowest BCUT2D eigenvalue weighted by atomic mass is 10.1. The number of aryl methyl sites for hydroxylation is 2. The van der Waals surface area contributed by atoms with Crippen LogP contribution in [-0.4, -0.2) is 10.9 Å². The Bertz CT molecular complexity index is 580. The van der Waals surface area contributed by atoms with E-state index in [0.29, 0.717) is 17.7 Å². The normalized spacial score (nSPS) is 10.4. The molecule has 0 radical (unpaired) electrons. The summed E-state index contributed by atoms with van der Waals surface area (Å²) in [5, 5.41) is 5.65. The Hall–Kier alpha value is -1.75. The van der Waals surface area contributed by atoms with Crippen LogP contribution in [0.5, 0.6) is 0 Å². The summed E-state index contributed by atoms with van der Waals surface area (Å²) in [6.07, 6.45) is 0. The molecule has 0 saturated heterocycles. The summed E-state index contributed by atoms with van der Waals surface area (Å²) in [4.78, 5) is 16.2. The zero-order chi connectivity index (χ0) is 13.1. The van der Waals surface area contributed by atoms with Crippen molar-refractivity contribution in [3.05, 3.63) is 51.2 Å². The molecule has 0 fully saturated rings. The molecule has 0 aliphatic rings. The van der Waals surface area contributed by atoms with E-state index in [1.807, 2.05) is 12.3 Å². The predicted molar refractivity (Wildman–Crippen MR) is 69.2 cm³/mol. The number of carbonyl (C=O) groups excluding carboxylic acids is 1. The summed E-state index contributed by atoms with van der Waals surface area (Å²) in [5.41, 5.74) is 1.95. The number of hydrogen-bond acceptors (Lipinski definition) is 3. The van der Waals surface area contributed by atoms with Crippen LogP contribution in [0.2, 0.25) is 0 Å². The van der Waals surface area contributed by atoms with Crippen molar-refractivity contribution in [3.63, 3.8) is 0 Å². The molecular weight excluding hydrogens is 251 g/mol. The lowest BCUT2D eigenvalue weighted by molar-refractivity contribution is 0.0950. The number of hydrogen-bond donors (Lipinski definition) is 1. The van der Waals surface area contributed by atoms with Gasteiger partial charge in [-0.1, -0.05) is 0 Å². The first-order chi connectivity index (χ1) is 8.56. The van der Waals surface area contributed by atoms with Crippen molar-refractivity contribution in [2.24, 2.45) is 0 Å². The van der Waals surface area contributed by atoms with Crippen molar-refractivity contribution in [3.8, 4) is 0 Å². The van der Waals surface area contributed by atoms with Crippen LogP contribution in [0.3, 0.4) is 0 Å². The molecule has 2 rings (SSSR count). The average molecular weight is 264 g/mol. The zero-order valence-electron chi connectivity index (χ0n) is 10.2. The highest BCUT2D eigenvalue weighted by atomic mass is 32.1. The Labute approximate surface area is 109 Å². The Kier molecular flexibility index (Phi) is 3.72. The average Bonchev–Trinajstić information content (AvgIpc) is 2.72. The number of aromatic nitrogens is 1. The van der Waals surface area contributed by atoms with Crippen molar-refractivity contribution in [1.29, 1.82) is 0 Å². The first-order valence-electron chi connectivity index (χ1n) is 5.51. The molecule has 0 aliphatic heterocycles. The number of nitrogens with zero attached hydrogens (tertiary/aromatic N) is 1. The molecule has 18 heavy (non-hydrogen) atoms. The van der Waals surface area contributed by atoms with Crippen LogP contribution < -0.4 is 5.32 Å². The van der Waals surface area contributed by atoms with Gasteiger partial charge in [0.2, 0.25) is 0 Å². The minimum absolute atomic E-state index is 0.210. The molecule has 2 aromatic rings. The van der Waals surface area contributed by atoms with Crippen molar-refractivity contribution in [2.45, 2.75) is 20.4 Å². The highest BCUT2D eigenvalue weighted by Crippen LogP contribution is 2.11. The maximum atomic E-state index is 12.9. The van der Waals surface area contributed by atoms with Gasteiger partial charge in [-0.2, -0.15) is 0 Å². The quantitative estimate of drug-likeness (QED) is 0.926. The Morgan fingerprint density at radius 3 is 2.83 bits per heavy atom. The van der Waals surface area contributed by atoms with E-state index in [-0.39, 0.29) is 11.7 Å². The van der Waals surface area contributed by atoms with E-state index in [1.165, 1.54) is 18.2 Å². The van der Waals surface area contributed by atoms with Crippen LogP contribution in [0.4, 0.5) is 4.39 Å². The molecule has 1 aromatic carbocycles. The largest absolute Gasteiger partial charge is 0.346 e. The number of halogens is 1. The van der Waals surface area contributed by atoms with Gasteiger partial charge in [0.05, 0.1) is 17.2 Å². The molecule has 1 heterocycles. The van der Waals surface area contributed by atoms with Crippen molar-refractivity contribution >= 4 is 17.2 Å². The molecule has 0 bridgehead atoms. The van der Waals surface area contributed by atoms with Gasteiger partial charge >= 0.3 is 0 Å². The van der Waals surface area contributed by atoms with Crippen LogP contribution >= 0.6 is 11.3 Å². The first kappa shape index (κ1) is 12.7. The summed E-state index contributed by atoms with van der Waals surface area (Å²) < 4.78 is 12.9. The standard InChI is InChI=1S/C13H13FN2OS/c1-8-5-10(14)3-4-12(8)13(17)15-6-11-7-18-9(2)16-11/h3-5,7H,6H2,1-2H3,(H,15,17). The number of carbonyl (C=O) groups is 1. The minimum atomic E-state index is -0.334. The van der Waals surface area contributed by atoms with Gasteiger partial charge in [0, 0.05) is 10.9 Å². The number of rotatable bonds is 3. The smallest absolute Gasteiger partial charge is 0.251 e. The number of amides is 1. The van der Waals surface area contributed by atoms with Crippen LogP contribution in [-0.2, 0) is 6.54 Å². The lowest BCUT2D eigenvalue weighted by Crippen LogP contribution is -2.23. The van der Waals surface area contributed by atoms with E-state index in [2.05, 4.69) is 10.3 Å². The van der Waals surface area contributed by atoms with Gasteiger partial charge in [0.25, 0.3) is 5.91 Å². The molecule has 5 heteroatoms. The summed E-state index contributed by atoms with van der Waals surface area (Å²) in [7, 11) is 0. The van der Waals surface area contributed by atoms with Crippen LogP contribution in [0.1, 0.15) is 26.6 Å². The summed E-state index contributed by atoms with van der Waals surface area (Å²) >= 11 is 1.54. The van der Waals surface area contributed by atoms with Crippen molar-refractivity contribution in [1.82, 2.24) is 10.3 Å². The third kappa shape index (κ3) is 2.92. The van der Waals surface area contributed by atoms with Gasteiger partial charge < -0.3 is 5.32 Å². The van der Waals surface area contributed by atoms with Crippen LogP contribution in [0, 0.1) is 19.7 Å². The molecule has 0 unspecified atom stereocenters. The van der Waals surface area contributed by atoms with Gasteiger partial charge in [0.15, 0.2) is 0 Å². The van der Waals surface area contributed by atoms with E-state index in [9.17, 15) is 9.18 Å². The Morgan fingerprint density at radius 2 is 2.22 bits per heavy atom. The van der Waals surface area contributed by atoms with Crippen LogP contribution in [0.25, 0.3) is 0 Å². The topological polar surface area (TPSA) is 42.0 Å². The maximum Gasteiger partial charge on any atom is 0.251 e. The second kappa shape index (κ2) is 5.27. The van der Waals surface area contributed by atoms with Crippen LogP contribution in [0.15, 0.2) is 23.6 Å². The molecule has 1 N–H and O–H groups in total.